The van der Waals surface area contributed by atoms with Crippen LogP contribution in [-0.4, -0.2) is 28.1 Å². The van der Waals surface area contributed by atoms with Crippen LogP contribution in [-0.2, 0) is 22.8 Å². The lowest BCUT2D eigenvalue weighted by molar-refractivity contribution is 0.388. The van der Waals surface area contributed by atoms with Gasteiger partial charge in [-0.1, -0.05) is 49.2 Å². The number of aromatic nitrogens is 3. The minimum Gasteiger partial charge on any atom is -0.493 e. The molecule has 2 heterocycles. The molecule has 4 aromatic rings. The minimum atomic E-state index is -4.41. The van der Waals surface area contributed by atoms with E-state index in [0.717, 1.165) is 6.42 Å². The van der Waals surface area contributed by atoms with E-state index in [9.17, 15) is 22.7 Å². The molecule has 4 rings (SSSR count). The number of aromatic hydroxyl groups is 1. The first-order chi connectivity index (χ1) is 17.2. The Morgan fingerprint density at radius 2 is 1.78 bits per heavy atom. The van der Waals surface area contributed by atoms with E-state index in [1.807, 2.05) is 6.92 Å². The summed E-state index contributed by atoms with van der Waals surface area (Å²) < 4.78 is 41.4. The van der Waals surface area contributed by atoms with Gasteiger partial charge in [0.2, 0.25) is 21.7 Å². The number of rotatable bonds is 8. The third-order valence-corrected chi connectivity index (χ3v) is 7.70. The number of sulfone groups is 1. The molecule has 0 fully saturated rings. The van der Waals surface area contributed by atoms with Gasteiger partial charge >= 0.3 is 0 Å². The fourth-order valence-corrected chi connectivity index (χ4v) is 5.37. The van der Waals surface area contributed by atoms with Crippen LogP contribution in [0.25, 0.3) is 11.1 Å². The van der Waals surface area contributed by atoms with E-state index in [-0.39, 0.29) is 17.3 Å². The quantitative estimate of drug-likeness (QED) is 0.322. The van der Waals surface area contributed by atoms with Crippen LogP contribution in [0.1, 0.15) is 31.2 Å². The molecule has 7 nitrogen and oxygen atoms in total. The van der Waals surface area contributed by atoms with E-state index < -0.39 is 32.1 Å². The molecule has 0 radical (unpaired) electrons. The van der Waals surface area contributed by atoms with Crippen molar-refractivity contribution in [3.63, 3.8) is 0 Å². The van der Waals surface area contributed by atoms with Gasteiger partial charge in [0.1, 0.15) is 5.82 Å². The molecule has 10 heteroatoms. The molecule has 1 N–H and O–H groups in total. The minimum absolute atomic E-state index is 0.0811. The van der Waals surface area contributed by atoms with Crippen LogP contribution in [0, 0.1) is 5.95 Å². The Morgan fingerprint density at radius 1 is 1.06 bits per heavy atom. The molecule has 0 aliphatic carbocycles. The van der Waals surface area contributed by atoms with E-state index in [2.05, 4.69) is 9.97 Å². The first-order valence-electron chi connectivity index (χ1n) is 11.2. The lowest BCUT2D eigenvalue weighted by Crippen LogP contribution is -2.25. The monoisotopic (exact) mass is 527 g/mol. The number of pyridine rings is 1. The molecular weight excluding hydrogens is 505 g/mol. The Morgan fingerprint density at radius 3 is 2.42 bits per heavy atom. The Bertz CT molecular complexity index is 1550. The molecule has 0 amide bonds. The van der Waals surface area contributed by atoms with Crippen molar-refractivity contribution in [3.05, 3.63) is 99.6 Å². The topological polar surface area (TPSA) is 102 Å². The zero-order chi connectivity index (χ0) is 25.9. The SMILES string of the molecule is CCCCc1nc(=O)c(S(=O)(=O)c2ccc(-c3ccc(F)nc3)cc2)c(O)n1Cc1cccc(Cl)c1. The maximum Gasteiger partial charge on any atom is 0.296 e. The van der Waals surface area contributed by atoms with Crippen LogP contribution >= 0.6 is 11.6 Å². The maximum atomic E-state index is 13.5. The maximum absolute atomic E-state index is 13.5. The number of hydrogen-bond donors (Lipinski definition) is 1. The highest BCUT2D eigenvalue weighted by atomic mass is 35.5. The molecular formula is C26H23ClFN3O4S. The summed E-state index contributed by atoms with van der Waals surface area (Å²) in [6.07, 6.45) is 3.25. The second-order valence-electron chi connectivity index (χ2n) is 8.20. The number of benzene rings is 2. The highest BCUT2D eigenvalue weighted by Crippen LogP contribution is 2.29. The molecule has 0 unspecified atom stereocenters. The fraction of sp³-hybridized carbons (Fsp3) is 0.192. The van der Waals surface area contributed by atoms with Crippen molar-refractivity contribution in [2.75, 3.05) is 0 Å². The number of unbranched alkanes of at least 4 members (excludes halogenated alkanes) is 1. The second kappa shape index (κ2) is 10.6. The van der Waals surface area contributed by atoms with Crippen molar-refractivity contribution in [2.45, 2.75) is 42.5 Å². The molecule has 186 valence electrons. The molecule has 0 bridgehead atoms. The molecule has 36 heavy (non-hydrogen) atoms. The molecule has 0 saturated carbocycles. The summed E-state index contributed by atoms with van der Waals surface area (Å²) in [5.41, 5.74) is 0.889. The van der Waals surface area contributed by atoms with Crippen molar-refractivity contribution in [3.8, 4) is 17.0 Å². The van der Waals surface area contributed by atoms with E-state index in [1.165, 1.54) is 47.2 Å². The molecule has 0 spiro atoms. The van der Waals surface area contributed by atoms with E-state index >= 15 is 0 Å². The number of nitrogens with zero attached hydrogens (tertiary/aromatic N) is 3. The van der Waals surface area contributed by atoms with E-state index in [4.69, 9.17) is 11.6 Å². The van der Waals surface area contributed by atoms with Crippen LogP contribution in [0.5, 0.6) is 5.88 Å². The predicted octanol–water partition coefficient (Wildman–Crippen LogP) is 5.03. The Balaban J connectivity index is 1.78. The third kappa shape index (κ3) is 5.32. The average molecular weight is 528 g/mol. The van der Waals surface area contributed by atoms with Gasteiger partial charge in [-0.2, -0.15) is 9.37 Å². The zero-order valence-electron chi connectivity index (χ0n) is 19.4. The van der Waals surface area contributed by atoms with E-state index in [0.29, 0.717) is 34.6 Å². The largest absolute Gasteiger partial charge is 0.493 e. The normalized spacial score (nSPS) is 11.5. The van der Waals surface area contributed by atoms with Gasteiger partial charge in [0.15, 0.2) is 4.90 Å². The Kier molecular flexibility index (Phi) is 7.51. The first kappa shape index (κ1) is 25.5. The van der Waals surface area contributed by atoms with Gasteiger partial charge in [0, 0.05) is 23.2 Å². The van der Waals surface area contributed by atoms with Gasteiger partial charge < -0.3 is 5.11 Å². The predicted molar refractivity (Wildman–Crippen MR) is 134 cm³/mol. The van der Waals surface area contributed by atoms with Gasteiger partial charge in [-0.05, 0) is 53.9 Å². The zero-order valence-corrected chi connectivity index (χ0v) is 20.9. The summed E-state index contributed by atoms with van der Waals surface area (Å²) in [7, 11) is -4.41. The molecule has 2 aromatic heterocycles. The molecule has 2 aromatic carbocycles. The standard InChI is InChI=1S/C26H23ClFN3O4S/c1-2-3-7-23-30-25(32)24(26(33)31(23)16-17-5-4-6-20(27)14-17)36(34,35)21-11-8-18(9-12-21)19-10-13-22(28)29-15-19/h4-6,8-15,33H,2-3,7,16H2,1H3. The fourth-order valence-electron chi connectivity index (χ4n) is 3.80. The number of aryl methyl sites for hydroxylation is 1. The van der Waals surface area contributed by atoms with Crippen LogP contribution in [0.2, 0.25) is 5.02 Å². The molecule has 0 aliphatic heterocycles. The summed E-state index contributed by atoms with van der Waals surface area (Å²) in [6.45, 7) is 2.06. The van der Waals surface area contributed by atoms with Crippen molar-refractivity contribution >= 4 is 21.4 Å². The van der Waals surface area contributed by atoms with Gasteiger partial charge in [0.05, 0.1) is 11.4 Å². The summed E-state index contributed by atoms with van der Waals surface area (Å²) in [5.74, 6) is -1.01. The van der Waals surface area contributed by atoms with E-state index in [1.54, 1.807) is 24.3 Å². The van der Waals surface area contributed by atoms with Crippen LogP contribution in [0.15, 0.2) is 81.4 Å². The van der Waals surface area contributed by atoms with Gasteiger partial charge in [0.25, 0.3) is 5.56 Å². The van der Waals surface area contributed by atoms with Crippen molar-refractivity contribution in [1.82, 2.24) is 14.5 Å². The smallest absolute Gasteiger partial charge is 0.296 e. The number of hydrogen-bond acceptors (Lipinski definition) is 6. The first-order valence-corrected chi connectivity index (χ1v) is 13.1. The van der Waals surface area contributed by atoms with Crippen LogP contribution < -0.4 is 5.56 Å². The summed E-state index contributed by atoms with van der Waals surface area (Å²) in [4.78, 5) is 19.6. The second-order valence-corrected chi connectivity index (χ2v) is 10.5. The lowest BCUT2D eigenvalue weighted by Gasteiger charge is -2.17. The van der Waals surface area contributed by atoms with Gasteiger partial charge in [-0.3, -0.25) is 9.36 Å². The Labute approximate surface area is 212 Å². The lowest BCUT2D eigenvalue weighted by atomic mass is 10.1. The number of halogens is 2. The van der Waals surface area contributed by atoms with Crippen LogP contribution in [0.3, 0.4) is 0 Å². The molecule has 0 saturated heterocycles. The van der Waals surface area contributed by atoms with Crippen LogP contribution in [0.4, 0.5) is 4.39 Å². The summed E-state index contributed by atoms with van der Waals surface area (Å²) in [5, 5.41) is 11.6. The highest BCUT2D eigenvalue weighted by Gasteiger charge is 2.29. The van der Waals surface area contributed by atoms with Crippen molar-refractivity contribution in [2.24, 2.45) is 0 Å². The Hall–Kier alpha value is -3.56. The third-order valence-electron chi connectivity index (χ3n) is 5.67. The molecule has 0 aliphatic rings. The van der Waals surface area contributed by atoms with Crippen molar-refractivity contribution in [1.29, 1.82) is 0 Å². The van der Waals surface area contributed by atoms with Gasteiger partial charge in [-0.15, -0.1) is 0 Å². The van der Waals surface area contributed by atoms with Gasteiger partial charge in [-0.25, -0.2) is 13.4 Å². The summed E-state index contributed by atoms with van der Waals surface area (Å²) in [6, 6.07) is 15.3. The van der Waals surface area contributed by atoms with Crippen molar-refractivity contribution < 1.29 is 17.9 Å². The highest BCUT2D eigenvalue weighted by molar-refractivity contribution is 7.91. The molecule has 0 atom stereocenters. The average Bonchev–Trinajstić information content (AvgIpc) is 2.85. The summed E-state index contributed by atoms with van der Waals surface area (Å²) >= 11 is 6.09.